The SMILES string of the molecule is Cc1ccc(Cl)cc1NC(=O)COC(=O)c1ccc2c(c1)OCO2. The molecule has 0 aromatic heterocycles. The molecule has 0 spiro atoms. The van der Waals surface area contributed by atoms with Crippen molar-refractivity contribution >= 4 is 29.2 Å². The second-order valence-corrected chi connectivity index (χ2v) is 5.59. The van der Waals surface area contributed by atoms with Gasteiger partial charge in [-0.05, 0) is 42.8 Å². The van der Waals surface area contributed by atoms with Crippen molar-refractivity contribution in [2.45, 2.75) is 6.92 Å². The molecule has 1 aliphatic rings. The van der Waals surface area contributed by atoms with Crippen LogP contribution in [0.15, 0.2) is 36.4 Å². The topological polar surface area (TPSA) is 73.9 Å². The lowest BCUT2D eigenvalue weighted by Crippen LogP contribution is -2.21. The Bertz CT molecular complexity index is 806. The summed E-state index contributed by atoms with van der Waals surface area (Å²) >= 11 is 5.90. The molecule has 0 unspecified atom stereocenters. The van der Waals surface area contributed by atoms with Crippen LogP contribution in [-0.2, 0) is 9.53 Å². The minimum Gasteiger partial charge on any atom is -0.454 e. The summed E-state index contributed by atoms with van der Waals surface area (Å²) < 4.78 is 15.4. The van der Waals surface area contributed by atoms with Crippen LogP contribution in [0, 0.1) is 6.92 Å². The van der Waals surface area contributed by atoms with Gasteiger partial charge in [0.25, 0.3) is 5.91 Å². The van der Waals surface area contributed by atoms with E-state index in [1.54, 1.807) is 30.3 Å². The Morgan fingerprint density at radius 3 is 2.79 bits per heavy atom. The third kappa shape index (κ3) is 3.60. The molecule has 0 radical (unpaired) electrons. The van der Waals surface area contributed by atoms with Crippen LogP contribution in [0.25, 0.3) is 0 Å². The van der Waals surface area contributed by atoms with Crippen molar-refractivity contribution in [2.24, 2.45) is 0 Å². The number of rotatable bonds is 4. The predicted molar refractivity (Wildman–Crippen MR) is 87.7 cm³/mol. The highest BCUT2D eigenvalue weighted by molar-refractivity contribution is 6.31. The number of hydrogen-bond donors (Lipinski definition) is 1. The number of anilines is 1. The first-order valence-electron chi connectivity index (χ1n) is 7.16. The number of amides is 1. The molecule has 1 heterocycles. The largest absolute Gasteiger partial charge is 0.454 e. The van der Waals surface area contributed by atoms with Crippen molar-refractivity contribution in [2.75, 3.05) is 18.7 Å². The lowest BCUT2D eigenvalue weighted by molar-refractivity contribution is -0.119. The van der Waals surface area contributed by atoms with Crippen molar-refractivity contribution in [1.29, 1.82) is 0 Å². The zero-order chi connectivity index (χ0) is 17.1. The highest BCUT2D eigenvalue weighted by Crippen LogP contribution is 2.32. The van der Waals surface area contributed by atoms with E-state index in [2.05, 4.69) is 5.32 Å². The van der Waals surface area contributed by atoms with Gasteiger partial charge in [0.05, 0.1) is 5.56 Å². The van der Waals surface area contributed by atoms with Gasteiger partial charge in [0.2, 0.25) is 6.79 Å². The van der Waals surface area contributed by atoms with Crippen molar-refractivity contribution in [3.8, 4) is 11.5 Å². The Kier molecular flexibility index (Phi) is 4.57. The van der Waals surface area contributed by atoms with E-state index in [-0.39, 0.29) is 12.4 Å². The maximum Gasteiger partial charge on any atom is 0.338 e. The van der Waals surface area contributed by atoms with E-state index < -0.39 is 18.5 Å². The van der Waals surface area contributed by atoms with Gasteiger partial charge in [-0.2, -0.15) is 0 Å². The zero-order valence-electron chi connectivity index (χ0n) is 12.8. The highest BCUT2D eigenvalue weighted by atomic mass is 35.5. The monoisotopic (exact) mass is 347 g/mol. The molecule has 1 N–H and O–H groups in total. The van der Waals surface area contributed by atoms with Gasteiger partial charge in [-0.3, -0.25) is 4.79 Å². The number of halogens is 1. The lowest BCUT2D eigenvalue weighted by atomic mass is 10.2. The number of aryl methyl sites for hydroxylation is 1. The van der Waals surface area contributed by atoms with E-state index in [1.807, 2.05) is 6.92 Å². The number of fused-ring (bicyclic) bond motifs is 1. The molecule has 0 saturated carbocycles. The van der Waals surface area contributed by atoms with Crippen LogP contribution in [0.4, 0.5) is 5.69 Å². The van der Waals surface area contributed by atoms with Crippen LogP contribution in [0.5, 0.6) is 11.5 Å². The van der Waals surface area contributed by atoms with Crippen LogP contribution in [0.3, 0.4) is 0 Å². The molecule has 124 valence electrons. The molecule has 6 nitrogen and oxygen atoms in total. The van der Waals surface area contributed by atoms with Crippen LogP contribution >= 0.6 is 11.6 Å². The first kappa shape index (κ1) is 16.1. The summed E-state index contributed by atoms with van der Waals surface area (Å²) in [6.07, 6.45) is 0. The van der Waals surface area contributed by atoms with E-state index in [1.165, 1.54) is 6.07 Å². The van der Waals surface area contributed by atoms with E-state index in [0.717, 1.165) is 5.56 Å². The van der Waals surface area contributed by atoms with Gasteiger partial charge in [-0.15, -0.1) is 0 Å². The van der Waals surface area contributed by atoms with Crippen LogP contribution in [-0.4, -0.2) is 25.3 Å². The van der Waals surface area contributed by atoms with E-state index >= 15 is 0 Å². The summed E-state index contributed by atoms with van der Waals surface area (Å²) in [5.74, 6) is -0.0232. The number of nitrogens with one attached hydrogen (secondary N) is 1. The average Bonchev–Trinajstić information content (AvgIpc) is 3.03. The third-order valence-electron chi connectivity index (χ3n) is 3.42. The third-order valence-corrected chi connectivity index (χ3v) is 3.65. The van der Waals surface area contributed by atoms with E-state index in [9.17, 15) is 9.59 Å². The van der Waals surface area contributed by atoms with Crippen molar-refractivity contribution < 1.29 is 23.8 Å². The van der Waals surface area contributed by atoms with Gasteiger partial charge in [-0.25, -0.2) is 4.79 Å². The summed E-state index contributed by atoms with van der Waals surface area (Å²) in [5, 5.41) is 3.16. The van der Waals surface area contributed by atoms with Crippen molar-refractivity contribution in [3.63, 3.8) is 0 Å². The number of carbonyl (C=O) groups is 2. The van der Waals surface area contributed by atoms with Crippen LogP contribution < -0.4 is 14.8 Å². The predicted octanol–water partition coefficient (Wildman–Crippen LogP) is 3.17. The normalized spacial score (nSPS) is 11.9. The first-order valence-corrected chi connectivity index (χ1v) is 7.53. The number of ether oxygens (including phenoxy) is 3. The molecular formula is C17H14ClNO5. The molecule has 24 heavy (non-hydrogen) atoms. The van der Waals surface area contributed by atoms with Gasteiger partial charge >= 0.3 is 5.97 Å². The molecule has 0 atom stereocenters. The second-order valence-electron chi connectivity index (χ2n) is 5.15. The molecule has 0 aliphatic carbocycles. The highest BCUT2D eigenvalue weighted by Gasteiger charge is 2.17. The summed E-state index contributed by atoms with van der Waals surface area (Å²) in [6.45, 7) is 1.55. The molecule has 0 saturated heterocycles. The maximum absolute atomic E-state index is 12.0. The Labute approximate surface area is 143 Å². The average molecular weight is 348 g/mol. The quantitative estimate of drug-likeness (QED) is 0.860. The van der Waals surface area contributed by atoms with Crippen molar-refractivity contribution in [1.82, 2.24) is 0 Å². The van der Waals surface area contributed by atoms with Gasteiger partial charge in [-0.1, -0.05) is 17.7 Å². The Morgan fingerprint density at radius 2 is 1.96 bits per heavy atom. The van der Waals surface area contributed by atoms with Gasteiger partial charge in [0, 0.05) is 10.7 Å². The molecular weight excluding hydrogens is 334 g/mol. The smallest absolute Gasteiger partial charge is 0.338 e. The van der Waals surface area contributed by atoms with Gasteiger partial charge < -0.3 is 19.5 Å². The van der Waals surface area contributed by atoms with Crippen LogP contribution in [0.1, 0.15) is 15.9 Å². The maximum atomic E-state index is 12.0. The summed E-state index contributed by atoms with van der Waals surface area (Å²) in [7, 11) is 0. The number of esters is 1. The van der Waals surface area contributed by atoms with E-state index in [0.29, 0.717) is 22.2 Å². The van der Waals surface area contributed by atoms with Gasteiger partial charge in [0.15, 0.2) is 18.1 Å². The molecule has 1 amide bonds. The minimum absolute atomic E-state index is 0.120. The first-order chi connectivity index (χ1) is 11.5. The minimum atomic E-state index is -0.619. The van der Waals surface area contributed by atoms with Gasteiger partial charge in [0.1, 0.15) is 0 Å². The summed E-state index contributed by atoms with van der Waals surface area (Å²) in [5.41, 5.74) is 1.72. The fraction of sp³-hybridized carbons (Fsp3) is 0.176. The Hall–Kier alpha value is -2.73. The second kappa shape index (κ2) is 6.80. The fourth-order valence-corrected chi connectivity index (χ4v) is 2.33. The lowest BCUT2D eigenvalue weighted by Gasteiger charge is -2.09. The molecule has 1 aliphatic heterocycles. The van der Waals surface area contributed by atoms with Crippen molar-refractivity contribution in [3.05, 3.63) is 52.5 Å². The standard InChI is InChI=1S/C17H14ClNO5/c1-10-2-4-12(18)7-13(10)19-16(20)8-22-17(21)11-3-5-14-15(6-11)24-9-23-14/h2-7H,8-9H2,1H3,(H,19,20). The summed E-state index contributed by atoms with van der Waals surface area (Å²) in [6, 6.07) is 9.84. The summed E-state index contributed by atoms with van der Waals surface area (Å²) in [4.78, 5) is 23.9. The zero-order valence-corrected chi connectivity index (χ0v) is 13.6. The molecule has 3 rings (SSSR count). The molecule has 0 fully saturated rings. The Balaban J connectivity index is 1.58. The number of carbonyl (C=O) groups excluding carboxylic acids is 2. The van der Waals surface area contributed by atoms with Crippen LogP contribution in [0.2, 0.25) is 5.02 Å². The number of hydrogen-bond acceptors (Lipinski definition) is 5. The molecule has 2 aromatic carbocycles. The molecule has 0 bridgehead atoms. The Morgan fingerprint density at radius 1 is 1.17 bits per heavy atom. The number of benzene rings is 2. The molecule has 7 heteroatoms. The van der Waals surface area contributed by atoms with E-state index in [4.69, 9.17) is 25.8 Å². The fourth-order valence-electron chi connectivity index (χ4n) is 2.15. The molecule has 2 aromatic rings.